The normalized spacial score (nSPS) is 25.5. The van der Waals surface area contributed by atoms with E-state index in [0.717, 1.165) is 43.9 Å². The van der Waals surface area contributed by atoms with Crippen LogP contribution in [0.4, 0.5) is 0 Å². The van der Waals surface area contributed by atoms with Gasteiger partial charge in [0.2, 0.25) is 5.91 Å². The van der Waals surface area contributed by atoms with Gasteiger partial charge in [-0.2, -0.15) is 0 Å². The van der Waals surface area contributed by atoms with Gasteiger partial charge in [0.15, 0.2) is 0 Å². The van der Waals surface area contributed by atoms with Crippen LogP contribution in [-0.2, 0) is 4.79 Å². The number of carbonyl (C=O) groups excluding carboxylic acids is 1. The lowest BCUT2D eigenvalue weighted by Crippen LogP contribution is -2.68. The quantitative estimate of drug-likeness (QED) is 0.746. The van der Waals surface area contributed by atoms with Gasteiger partial charge < -0.3 is 9.80 Å². The molecule has 2 aliphatic heterocycles. The molecule has 0 spiro atoms. The molecular formula is C19H33N3O. The molecule has 0 radical (unpaired) electrons. The second kappa shape index (κ2) is 7.06. The Kier molecular flexibility index (Phi) is 5.53. The summed E-state index contributed by atoms with van der Waals surface area (Å²) >= 11 is 0. The largest absolute Gasteiger partial charge is 0.356 e. The maximum absolute atomic E-state index is 11.9. The topological polar surface area (TPSA) is 35.9 Å². The zero-order valence-corrected chi connectivity index (χ0v) is 15.5. The van der Waals surface area contributed by atoms with Crippen LogP contribution in [0.25, 0.3) is 0 Å². The van der Waals surface area contributed by atoms with Gasteiger partial charge in [0.25, 0.3) is 0 Å². The Morgan fingerprint density at radius 2 is 2.00 bits per heavy atom. The van der Waals surface area contributed by atoms with Crippen LogP contribution in [0.1, 0.15) is 47.5 Å². The first-order chi connectivity index (χ1) is 10.8. The molecule has 4 heteroatoms. The highest BCUT2D eigenvalue weighted by Crippen LogP contribution is 2.40. The molecule has 0 N–H and O–H groups in total. The molecule has 3 aliphatic rings. The molecule has 1 amide bonds. The number of amides is 1. The summed E-state index contributed by atoms with van der Waals surface area (Å²) in [4.78, 5) is 20.9. The number of amidine groups is 1. The molecule has 1 atom stereocenters. The van der Waals surface area contributed by atoms with Crippen LogP contribution >= 0.6 is 0 Å². The lowest BCUT2D eigenvalue weighted by molar-refractivity contribution is -0.140. The number of rotatable bonds is 4. The van der Waals surface area contributed by atoms with E-state index < -0.39 is 0 Å². The number of likely N-dealkylation sites (tertiary alicyclic amines) is 1. The number of hydrogen-bond donors (Lipinski definition) is 0. The van der Waals surface area contributed by atoms with Gasteiger partial charge in [0, 0.05) is 25.0 Å². The fraction of sp³-hybridized carbons (Fsp3) is 0.789. The van der Waals surface area contributed by atoms with Crippen molar-refractivity contribution >= 4 is 11.7 Å². The summed E-state index contributed by atoms with van der Waals surface area (Å²) in [6.45, 7) is 18.4. The van der Waals surface area contributed by atoms with Crippen LogP contribution in [0, 0.1) is 17.3 Å². The molecule has 23 heavy (non-hydrogen) atoms. The van der Waals surface area contributed by atoms with Crippen molar-refractivity contribution in [3.05, 3.63) is 12.7 Å². The van der Waals surface area contributed by atoms with Crippen LogP contribution in [0.2, 0.25) is 0 Å². The summed E-state index contributed by atoms with van der Waals surface area (Å²) in [5, 5.41) is 0. The smallest absolute Gasteiger partial charge is 0.246 e. The van der Waals surface area contributed by atoms with Crippen molar-refractivity contribution in [3.63, 3.8) is 0 Å². The Balaban J connectivity index is 0.000000433. The van der Waals surface area contributed by atoms with Gasteiger partial charge in [0.05, 0.1) is 12.6 Å². The predicted molar refractivity (Wildman–Crippen MR) is 96.6 cm³/mol. The lowest BCUT2D eigenvalue weighted by atomic mass is 9.73. The minimum atomic E-state index is 0.0327. The van der Waals surface area contributed by atoms with Crippen LogP contribution in [0.15, 0.2) is 17.6 Å². The highest BCUT2D eigenvalue weighted by molar-refractivity contribution is 5.97. The second-order valence-corrected chi connectivity index (χ2v) is 8.42. The molecular weight excluding hydrogens is 286 g/mol. The molecule has 4 nitrogen and oxygen atoms in total. The van der Waals surface area contributed by atoms with Crippen molar-refractivity contribution in [1.29, 1.82) is 0 Å². The first-order valence-corrected chi connectivity index (χ1v) is 8.98. The van der Waals surface area contributed by atoms with E-state index in [1.165, 1.54) is 18.9 Å². The summed E-state index contributed by atoms with van der Waals surface area (Å²) in [5.41, 5.74) is 0.129. The van der Waals surface area contributed by atoms with Crippen molar-refractivity contribution in [1.82, 2.24) is 9.80 Å². The van der Waals surface area contributed by atoms with Gasteiger partial charge in [-0.25, -0.2) is 0 Å². The fourth-order valence-electron chi connectivity index (χ4n) is 3.29. The van der Waals surface area contributed by atoms with E-state index >= 15 is 0 Å². The Morgan fingerprint density at radius 3 is 2.48 bits per heavy atom. The minimum absolute atomic E-state index is 0.0327. The summed E-state index contributed by atoms with van der Waals surface area (Å²) < 4.78 is 0. The Bertz CT molecular complexity index is 474. The summed E-state index contributed by atoms with van der Waals surface area (Å²) in [6, 6.07) is 0.138. The fourth-order valence-corrected chi connectivity index (χ4v) is 3.29. The van der Waals surface area contributed by atoms with E-state index in [2.05, 4.69) is 46.1 Å². The average Bonchev–Trinajstić information content (AvgIpc) is 3.15. The maximum atomic E-state index is 11.9. The molecule has 2 heterocycles. The van der Waals surface area contributed by atoms with E-state index in [1.54, 1.807) is 0 Å². The van der Waals surface area contributed by atoms with Crippen molar-refractivity contribution < 1.29 is 4.79 Å². The molecule has 1 saturated heterocycles. The first kappa shape index (κ1) is 18.0. The van der Waals surface area contributed by atoms with E-state index in [1.807, 2.05) is 4.90 Å². The number of carbonyl (C=O) groups is 1. The lowest BCUT2D eigenvalue weighted by Gasteiger charge is -2.54. The summed E-state index contributed by atoms with van der Waals surface area (Å²) in [7, 11) is 0. The SMILES string of the molecule is C=CC(=O)N1CC(C)(C)C1C1=NCCN1CC1CC1.CC(C)C. The third kappa shape index (κ3) is 4.36. The van der Waals surface area contributed by atoms with Crippen molar-refractivity contribution in [2.24, 2.45) is 22.2 Å². The first-order valence-electron chi connectivity index (χ1n) is 8.98. The van der Waals surface area contributed by atoms with Crippen LogP contribution in [-0.4, -0.2) is 53.8 Å². The van der Waals surface area contributed by atoms with Gasteiger partial charge >= 0.3 is 0 Å². The molecule has 3 rings (SSSR count). The molecule has 130 valence electrons. The van der Waals surface area contributed by atoms with Gasteiger partial charge in [-0.3, -0.25) is 9.79 Å². The number of nitrogens with zero attached hydrogens (tertiary/aromatic N) is 3. The standard InChI is InChI=1S/C15H23N3O.C4H10/c1-4-12(19)18-10-15(2,3)13(18)14-16-7-8-17(14)9-11-5-6-11;1-4(2)3/h4,11,13H,1,5-10H2,2-3H3;4H,1-3H3. The third-order valence-corrected chi connectivity index (χ3v) is 4.48. The zero-order chi connectivity index (χ0) is 17.2. The Labute approximate surface area is 141 Å². The van der Waals surface area contributed by atoms with Crippen LogP contribution in [0.3, 0.4) is 0 Å². The zero-order valence-electron chi connectivity index (χ0n) is 15.5. The van der Waals surface area contributed by atoms with Gasteiger partial charge in [-0.05, 0) is 30.8 Å². The van der Waals surface area contributed by atoms with Gasteiger partial charge in [0.1, 0.15) is 5.84 Å². The summed E-state index contributed by atoms with van der Waals surface area (Å²) in [6.07, 6.45) is 4.13. The van der Waals surface area contributed by atoms with Crippen molar-refractivity contribution in [3.8, 4) is 0 Å². The van der Waals surface area contributed by atoms with Gasteiger partial charge in [-0.15, -0.1) is 0 Å². The van der Waals surface area contributed by atoms with Crippen molar-refractivity contribution in [2.75, 3.05) is 26.2 Å². The molecule has 0 aromatic rings. The summed E-state index contributed by atoms with van der Waals surface area (Å²) in [5.74, 6) is 2.86. The van der Waals surface area contributed by atoms with E-state index in [0.29, 0.717) is 0 Å². The molecule has 2 fully saturated rings. The predicted octanol–water partition coefficient (Wildman–Crippen LogP) is 3.20. The van der Waals surface area contributed by atoms with E-state index in [4.69, 9.17) is 4.99 Å². The number of aliphatic imine (C=N–C) groups is 1. The third-order valence-electron chi connectivity index (χ3n) is 4.48. The highest BCUT2D eigenvalue weighted by Gasteiger charge is 2.52. The second-order valence-electron chi connectivity index (χ2n) is 8.42. The maximum Gasteiger partial charge on any atom is 0.246 e. The molecule has 1 saturated carbocycles. The van der Waals surface area contributed by atoms with Crippen molar-refractivity contribution in [2.45, 2.75) is 53.5 Å². The van der Waals surface area contributed by atoms with E-state index in [9.17, 15) is 4.79 Å². The monoisotopic (exact) mass is 319 g/mol. The Morgan fingerprint density at radius 1 is 1.39 bits per heavy atom. The minimum Gasteiger partial charge on any atom is -0.356 e. The Hall–Kier alpha value is -1.32. The molecule has 1 unspecified atom stereocenters. The van der Waals surface area contributed by atoms with Crippen LogP contribution in [0.5, 0.6) is 0 Å². The van der Waals surface area contributed by atoms with E-state index in [-0.39, 0.29) is 17.4 Å². The van der Waals surface area contributed by atoms with Crippen LogP contribution < -0.4 is 0 Å². The molecule has 0 bridgehead atoms. The molecule has 1 aliphatic carbocycles. The molecule has 0 aromatic carbocycles. The average molecular weight is 319 g/mol. The number of hydrogen-bond acceptors (Lipinski definition) is 3. The van der Waals surface area contributed by atoms with Gasteiger partial charge in [-0.1, -0.05) is 41.2 Å². The molecule has 0 aromatic heterocycles. The highest BCUT2D eigenvalue weighted by atomic mass is 16.2.